The predicted octanol–water partition coefficient (Wildman–Crippen LogP) is 3.03. The van der Waals surface area contributed by atoms with Crippen molar-refractivity contribution in [2.75, 3.05) is 0 Å². The minimum absolute atomic E-state index is 0.263. The van der Waals surface area contributed by atoms with Crippen molar-refractivity contribution in [1.82, 2.24) is 0 Å². The van der Waals surface area contributed by atoms with E-state index in [4.69, 9.17) is 0 Å². The van der Waals surface area contributed by atoms with Gasteiger partial charge in [-0.25, -0.2) is 8.78 Å². The van der Waals surface area contributed by atoms with Gasteiger partial charge in [-0.1, -0.05) is 6.08 Å². The van der Waals surface area contributed by atoms with E-state index in [2.05, 4.69) is 11.7 Å². The summed E-state index contributed by atoms with van der Waals surface area (Å²) in [6.45, 7) is 5.01. The SMILES string of the molecule is C=N/C(=C\C)c1ccc(F)cc1F. The molecule has 0 aliphatic rings. The molecule has 0 saturated carbocycles. The van der Waals surface area contributed by atoms with Crippen LogP contribution in [0.4, 0.5) is 8.78 Å². The van der Waals surface area contributed by atoms with Crippen LogP contribution in [-0.4, -0.2) is 6.72 Å². The molecule has 3 heteroatoms. The molecule has 0 saturated heterocycles. The highest BCUT2D eigenvalue weighted by molar-refractivity contribution is 5.67. The van der Waals surface area contributed by atoms with Crippen molar-refractivity contribution in [3.05, 3.63) is 41.5 Å². The molecule has 0 atom stereocenters. The largest absolute Gasteiger partial charge is 0.264 e. The number of rotatable bonds is 2. The number of hydrogen-bond donors (Lipinski definition) is 0. The topological polar surface area (TPSA) is 12.4 Å². The summed E-state index contributed by atoms with van der Waals surface area (Å²) in [5.74, 6) is -1.22. The molecule has 13 heavy (non-hydrogen) atoms. The van der Waals surface area contributed by atoms with Crippen LogP contribution in [0.15, 0.2) is 29.3 Å². The Kier molecular flexibility index (Phi) is 2.90. The average Bonchev–Trinajstić information content (AvgIpc) is 2.10. The minimum Gasteiger partial charge on any atom is -0.264 e. The van der Waals surface area contributed by atoms with Gasteiger partial charge in [0.15, 0.2) is 0 Å². The van der Waals surface area contributed by atoms with Gasteiger partial charge in [0.25, 0.3) is 0 Å². The van der Waals surface area contributed by atoms with Crippen LogP contribution in [0, 0.1) is 11.6 Å². The second-order valence-electron chi connectivity index (χ2n) is 2.46. The summed E-state index contributed by atoms with van der Waals surface area (Å²) < 4.78 is 25.6. The van der Waals surface area contributed by atoms with Gasteiger partial charge in [0.1, 0.15) is 11.6 Å². The van der Waals surface area contributed by atoms with E-state index in [9.17, 15) is 8.78 Å². The quantitative estimate of drug-likeness (QED) is 0.622. The van der Waals surface area contributed by atoms with Crippen LogP contribution in [0.1, 0.15) is 12.5 Å². The Hall–Kier alpha value is -1.51. The lowest BCUT2D eigenvalue weighted by molar-refractivity contribution is 0.581. The van der Waals surface area contributed by atoms with Gasteiger partial charge in [-0.15, -0.1) is 0 Å². The Bertz CT molecular complexity index is 356. The molecule has 0 fully saturated rings. The molecule has 1 nitrogen and oxygen atoms in total. The fourth-order valence-corrected chi connectivity index (χ4v) is 1.03. The Morgan fingerprint density at radius 1 is 1.46 bits per heavy atom. The fraction of sp³-hybridized carbons (Fsp3) is 0.100. The second kappa shape index (κ2) is 3.94. The smallest absolute Gasteiger partial charge is 0.135 e. The van der Waals surface area contributed by atoms with E-state index in [0.717, 1.165) is 6.07 Å². The highest BCUT2D eigenvalue weighted by atomic mass is 19.1. The average molecular weight is 181 g/mol. The van der Waals surface area contributed by atoms with Crippen LogP contribution >= 0.6 is 0 Å². The molecule has 1 aromatic rings. The summed E-state index contributed by atoms with van der Waals surface area (Å²) >= 11 is 0. The molecule has 0 aromatic heterocycles. The van der Waals surface area contributed by atoms with E-state index < -0.39 is 11.6 Å². The number of nitrogens with zero attached hydrogens (tertiary/aromatic N) is 1. The predicted molar refractivity (Wildman–Crippen MR) is 49.6 cm³/mol. The van der Waals surface area contributed by atoms with Gasteiger partial charge in [-0.2, -0.15) is 0 Å². The van der Waals surface area contributed by atoms with Crippen molar-refractivity contribution in [3.63, 3.8) is 0 Å². The third-order valence-corrected chi connectivity index (χ3v) is 1.65. The Morgan fingerprint density at radius 3 is 2.62 bits per heavy atom. The molecule has 0 radical (unpaired) electrons. The van der Waals surface area contributed by atoms with Crippen LogP contribution in [0.5, 0.6) is 0 Å². The van der Waals surface area contributed by atoms with Crippen LogP contribution in [0.2, 0.25) is 0 Å². The van der Waals surface area contributed by atoms with Gasteiger partial charge in [0.2, 0.25) is 0 Å². The molecular formula is C10H9F2N. The van der Waals surface area contributed by atoms with Crippen molar-refractivity contribution < 1.29 is 8.78 Å². The number of aliphatic imine (C=N–C) groups is 1. The maximum Gasteiger partial charge on any atom is 0.135 e. The summed E-state index contributed by atoms with van der Waals surface area (Å²) in [7, 11) is 0. The van der Waals surface area contributed by atoms with E-state index in [0.29, 0.717) is 5.70 Å². The third kappa shape index (κ3) is 1.99. The van der Waals surface area contributed by atoms with Crippen molar-refractivity contribution in [2.24, 2.45) is 4.99 Å². The Balaban J connectivity index is 3.22. The first kappa shape index (κ1) is 9.58. The molecule has 0 spiro atoms. The number of hydrogen-bond acceptors (Lipinski definition) is 1. The highest BCUT2D eigenvalue weighted by Crippen LogP contribution is 2.19. The van der Waals surface area contributed by atoms with Gasteiger partial charge in [-0.3, -0.25) is 4.99 Å². The van der Waals surface area contributed by atoms with Crippen LogP contribution in [0.3, 0.4) is 0 Å². The molecule has 0 unspecified atom stereocenters. The lowest BCUT2D eigenvalue weighted by Crippen LogP contribution is -1.88. The monoisotopic (exact) mass is 181 g/mol. The van der Waals surface area contributed by atoms with Gasteiger partial charge >= 0.3 is 0 Å². The van der Waals surface area contributed by atoms with Gasteiger partial charge in [0, 0.05) is 11.6 Å². The molecule has 0 heterocycles. The summed E-state index contributed by atoms with van der Waals surface area (Å²) in [4.78, 5) is 3.62. The maximum atomic E-state index is 13.1. The molecule has 0 N–H and O–H groups in total. The van der Waals surface area contributed by atoms with E-state index in [1.807, 2.05) is 0 Å². The molecule has 0 aliphatic carbocycles. The molecule has 1 aromatic carbocycles. The van der Waals surface area contributed by atoms with Gasteiger partial charge in [-0.05, 0) is 25.8 Å². The fourth-order valence-electron chi connectivity index (χ4n) is 1.03. The summed E-state index contributed by atoms with van der Waals surface area (Å²) in [6, 6.07) is 3.35. The summed E-state index contributed by atoms with van der Waals surface area (Å²) in [5.41, 5.74) is 0.677. The number of halogens is 2. The summed E-state index contributed by atoms with van der Waals surface area (Å²) in [6.07, 6.45) is 1.61. The second-order valence-corrected chi connectivity index (χ2v) is 2.46. The number of allylic oxidation sites excluding steroid dienone is 1. The molecule has 0 bridgehead atoms. The lowest BCUT2D eigenvalue weighted by atomic mass is 10.1. The summed E-state index contributed by atoms with van der Waals surface area (Å²) in [5, 5.41) is 0. The zero-order valence-electron chi connectivity index (χ0n) is 7.22. The first-order chi connectivity index (χ1) is 6.19. The van der Waals surface area contributed by atoms with Crippen molar-refractivity contribution in [3.8, 4) is 0 Å². The number of benzene rings is 1. The van der Waals surface area contributed by atoms with Crippen LogP contribution in [0.25, 0.3) is 5.70 Å². The van der Waals surface area contributed by atoms with E-state index in [-0.39, 0.29) is 5.56 Å². The first-order valence-electron chi connectivity index (χ1n) is 3.77. The van der Waals surface area contributed by atoms with Crippen molar-refractivity contribution in [1.29, 1.82) is 0 Å². The normalized spacial score (nSPS) is 11.5. The van der Waals surface area contributed by atoms with E-state index >= 15 is 0 Å². The third-order valence-electron chi connectivity index (χ3n) is 1.65. The zero-order valence-corrected chi connectivity index (χ0v) is 7.22. The molecular weight excluding hydrogens is 172 g/mol. The van der Waals surface area contributed by atoms with Crippen molar-refractivity contribution in [2.45, 2.75) is 6.92 Å². The Morgan fingerprint density at radius 2 is 2.15 bits per heavy atom. The zero-order chi connectivity index (χ0) is 9.84. The minimum atomic E-state index is -0.625. The highest BCUT2D eigenvalue weighted by Gasteiger charge is 2.06. The standard InChI is InChI=1S/C10H9F2N/c1-3-10(13-2)8-5-4-7(11)6-9(8)12/h3-6H,2H2,1H3/b10-3-. The lowest BCUT2D eigenvalue weighted by Gasteiger charge is -2.01. The van der Waals surface area contributed by atoms with Crippen LogP contribution < -0.4 is 0 Å². The van der Waals surface area contributed by atoms with Gasteiger partial charge < -0.3 is 0 Å². The van der Waals surface area contributed by atoms with Crippen LogP contribution in [-0.2, 0) is 0 Å². The van der Waals surface area contributed by atoms with E-state index in [1.165, 1.54) is 12.1 Å². The molecule has 0 aliphatic heterocycles. The first-order valence-corrected chi connectivity index (χ1v) is 3.77. The van der Waals surface area contributed by atoms with Crippen molar-refractivity contribution >= 4 is 12.4 Å². The van der Waals surface area contributed by atoms with E-state index in [1.54, 1.807) is 13.0 Å². The Labute approximate surface area is 75.4 Å². The molecule has 0 amide bonds. The maximum absolute atomic E-state index is 13.1. The molecule has 68 valence electrons. The molecule has 1 rings (SSSR count). The van der Waals surface area contributed by atoms with Gasteiger partial charge in [0.05, 0.1) is 5.70 Å².